The number of aromatic nitrogens is 2. The maximum absolute atomic E-state index is 5.39. The van der Waals surface area contributed by atoms with Gasteiger partial charge in [-0.25, -0.2) is 4.99 Å². The van der Waals surface area contributed by atoms with Crippen molar-refractivity contribution in [3.05, 3.63) is 223 Å². The molecule has 13 rings (SSSR count). The van der Waals surface area contributed by atoms with Crippen LogP contribution < -0.4 is 5.32 Å². The summed E-state index contributed by atoms with van der Waals surface area (Å²) in [7, 11) is 0. The van der Waals surface area contributed by atoms with Crippen molar-refractivity contribution in [2.24, 2.45) is 9.98 Å². The maximum Gasteiger partial charge on any atom is 0.211 e. The lowest BCUT2D eigenvalue weighted by Gasteiger charge is -2.24. The molecule has 0 amide bonds. The molecule has 1 N–H and O–H groups in total. The molecule has 0 bridgehead atoms. The highest BCUT2D eigenvalue weighted by Crippen LogP contribution is 2.45. The van der Waals surface area contributed by atoms with Crippen molar-refractivity contribution in [3.63, 3.8) is 0 Å². The number of fused-ring (bicyclic) bond motifs is 9. The van der Waals surface area contributed by atoms with Crippen LogP contribution in [-0.2, 0) is 0 Å². The molecule has 1 aliphatic rings. The van der Waals surface area contributed by atoms with Gasteiger partial charge in [-0.3, -0.25) is 4.57 Å². The fourth-order valence-corrected chi connectivity index (χ4v) is 11.0. The number of benzene rings is 9. The number of nitrogens with zero attached hydrogens (tertiary/aromatic N) is 4. The first-order valence-electron chi connectivity index (χ1n) is 21.4. The van der Waals surface area contributed by atoms with Gasteiger partial charge < -0.3 is 9.88 Å². The molecule has 0 aliphatic carbocycles. The van der Waals surface area contributed by atoms with E-state index in [4.69, 9.17) is 9.98 Å². The maximum atomic E-state index is 5.39. The van der Waals surface area contributed by atoms with Gasteiger partial charge in [0.2, 0.25) is 5.96 Å². The zero-order valence-corrected chi connectivity index (χ0v) is 34.8. The Morgan fingerprint density at radius 1 is 0.413 bits per heavy atom. The third-order valence-electron chi connectivity index (χ3n) is 12.6. The monoisotopic (exact) mass is 823 g/mol. The van der Waals surface area contributed by atoms with E-state index in [0.717, 1.165) is 33.8 Å². The van der Waals surface area contributed by atoms with Gasteiger partial charge in [0.1, 0.15) is 6.17 Å². The molecule has 1 unspecified atom stereocenters. The molecule has 9 aromatic carbocycles. The van der Waals surface area contributed by atoms with Crippen LogP contribution in [-0.4, -0.2) is 20.9 Å². The molecule has 0 radical (unpaired) electrons. The lowest BCUT2D eigenvalue weighted by Crippen LogP contribution is -2.37. The first-order chi connectivity index (χ1) is 31.2. The molecule has 6 heteroatoms. The molecule has 12 aromatic rings. The van der Waals surface area contributed by atoms with E-state index in [1.165, 1.54) is 75.0 Å². The van der Waals surface area contributed by atoms with E-state index in [9.17, 15) is 0 Å². The van der Waals surface area contributed by atoms with Crippen LogP contribution >= 0.6 is 11.3 Å². The Morgan fingerprint density at radius 3 is 1.86 bits per heavy atom. The number of hydrogen-bond acceptors (Lipinski definition) is 4. The molecule has 5 nitrogen and oxygen atoms in total. The van der Waals surface area contributed by atoms with Crippen molar-refractivity contribution in [1.82, 2.24) is 14.5 Å². The number of para-hydroxylation sites is 3. The quantitative estimate of drug-likeness (QED) is 0.185. The fourth-order valence-electron chi connectivity index (χ4n) is 9.78. The molecule has 0 saturated carbocycles. The number of amidine groups is 1. The molecule has 296 valence electrons. The van der Waals surface area contributed by atoms with E-state index in [1.54, 1.807) is 0 Å². The van der Waals surface area contributed by atoms with Crippen molar-refractivity contribution in [2.45, 2.75) is 6.17 Å². The van der Waals surface area contributed by atoms with E-state index in [0.29, 0.717) is 5.84 Å². The number of aliphatic imine (C=N–C) groups is 2. The third kappa shape index (κ3) is 5.69. The number of thiophene rings is 1. The van der Waals surface area contributed by atoms with Gasteiger partial charge in [0.15, 0.2) is 5.84 Å². The van der Waals surface area contributed by atoms with Gasteiger partial charge in [-0.15, -0.1) is 11.3 Å². The smallest absolute Gasteiger partial charge is 0.211 e. The third-order valence-corrected chi connectivity index (χ3v) is 13.7. The van der Waals surface area contributed by atoms with Crippen LogP contribution in [0.4, 0.5) is 0 Å². The lowest BCUT2D eigenvalue weighted by molar-refractivity contribution is 0.661. The molecule has 1 aliphatic heterocycles. The summed E-state index contributed by atoms with van der Waals surface area (Å²) < 4.78 is 7.12. The van der Waals surface area contributed by atoms with Gasteiger partial charge in [-0.1, -0.05) is 158 Å². The molecule has 0 spiro atoms. The number of hydrogen-bond donors (Lipinski definition) is 1. The molecular weight excluding hydrogens is 787 g/mol. The fraction of sp³-hybridized carbons (Fsp3) is 0.0175. The average molecular weight is 824 g/mol. The second-order valence-electron chi connectivity index (χ2n) is 16.2. The minimum absolute atomic E-state index is 0.336. The van der Waals surface area contributed by atoms with Crippen LogP contribution in [0.25, 0.3) is 91.7 Å². The predicted octanol–water partition coefficient (Wildman–Crippen LogP) is 14.5. The standard InChI is InChI=1S/C57H37N5S/c1-4-16-36(17-5-1)38-31-33-49-46(34-38)41-22-10-12-26-47(41)62(49)57-59-55(37-18-6-2-7-19-37)58-56(60-57)39-30-32-45-52(35-39)63-51-29-15-25-43(54(45)51)42-24-14-28-50-53(42)44-23-11-13-27-48(44)61(50)40-20-8-3-9-21-40/h1-35,55H,(H,58,59,60). The summed E-state index contributed by atoms with van der Waals surface area (Å²) in [6, 6.07) is 76.2. The van der Waals surface area contributed by atoms with Crippen LogP contribution in [0.3, 0.4) is 0 Å². The Morgan fingerprint density at radius 2 is 1.05 bits per heavy atom. The predicted molar refractivity (Wildman–Crippen MR) is 266 cm³/mol. The molecule has 4 heterocycles. The summed E-state index contributed by atoms with van der Waals surface area (Å²) in [6.07, 6.45) is -0.336. The lowest BCUT2D eigenvalue weighted by atomic mass is 9.95. The van der Waals surface area contributed by atoms with E-state index in [1.807, 2.05) is 11.3 Å². The van der Waals surface area contributed by atoms with Crippen molar-refractivity contribution in [2.75, 3.05) is 0 Å². The van der Waals surface area contributed by atoms with Gasteiger partial charge in [-0.05, 0) is 82.4 Å². The largest absolute Gasteiger partial charge is 0.330 e. The van der Waals surface area contributed by atoms with Gasteiger partial charge in [0.25, 0.3) is 0 Å². The number of nitrogens with one attached hydrogen (secondary N) is 1. The van der Waals surface area contributed by atoms with E-state index in [-0.39, 0.29) is 6.17 Å². The second-order valence-corrected chi connectivity index (χ2v) is 17.3. The van der Waals surface area contributed by atoms with Crippen LogP contribution in [0.15, 0.2) is 222 Å². The molecule has 0 fully saturated rings. The van der Waals surface area contributed by atoms with Gasteiger partial charge in [0.05, 0.1) is 22.1 Å². The van der Waals surface area contributed by atoms with Gasteiger partial charge in [-0.2, -0.15) is 4.99 Å². The highest BCUT2D eigenvalue weighted by atomic mass is 32.1. The Kier molecular flexibility index (Phi) is 8.08. The number of rotatable bonds is 5. The summed E-state index contributed by atoms with van der Waals surface area (Å²) in [4.78, 5) is 10.7. The van der Waals surface area contributed by atoms with Crippen LogP contribution in [0.1, 0.15) is 17.3 Å². The van der Waals surface area contributed by atoms with Crippen LogP contribution in [0, 0.1) is 0 Å². The van der Waals surface area contributed by atoms with Gasteiger partial charge in [0, 0.05) is 53.0 Å². The molecule has 63 heavy (non-hydrogen) atoms. The van der Waals surface area contributed by atoms with Crippen molar-refractivity contribution >= 4 is 86.9 Å². The topological polar surface area (TPSA) is 46.6 Å². The average Bonchev–Trinajstić information content (AvgIpc) is 4.02. The molecule has 1 atom stereocenters. The van der Waals surface area contributed by atoms with E-state index in [2.05, 4.69) is 227 Å². The Bertz CT molecular complexity index is 3820. The second kappa shape index (κ2) is 14.3. The Labute approximate surface area is 367 Å². The first kappa shape index (κ1) is 35.7. The summed E-state index contributed by atoms with van der Waals surface area (Å²) in [5, 5.41) is 11.1. The van der Waals surface area contributed by atoms with Crippen LogP contribution in [0.5, 0.6) is 0 Å². The molecule has 0 saturated heterocycles. The Hall–Kier alpha value is -8.06. The minimum Gasteiger partial charge on any atom is -0.330 e. The summed E-state index contributed by atoms with van der Waals surface area (Å²) in [5.41, 5.74) is 12.6. The van der Waals surface area contributed by atoms with Crippen LogP contribution in [0.2, 0.25) is 0 Å². The summed E-state index contributed by atoms with van der Waals surface area (Å²) >= 11 is 1.83. The highest BCUT2D eigenvalue weighted by molar-refractivity contribution is 7.26. The van der Waals surface area contributed by atoms with Gasteiger partial charge >= 0.3 is 0 Å². The van der Waals surface area contributed by atoms with Crippen molar-refractivity contribution in [3.8, 4) is 27.9 Å². The normalized spacial score (nSPS) is 14.2. The zero-order valence-electron chi connectivity index (χ0n) is 34.0. The first-order valence-corrected chi connectivity index (χ1v) is 22.2. The molecule has 3 aromatic heterocycles. The highest BCUT2D eigenvalue weighted by Gasteiger charge is 2.25. The SMILES string of the molecule is c1ccc(-c2ccc3c(c2)c2ccccc2n3C2=NC(c3ccc4c(c3)sc3cccc(-c5cccc6c5c5ccccc5n6-c5ccccc5)c34)=NC(c3ccccc3)N2)cc1. The summed E-state index contributed by atoms with van der Waals surface area (Å²) in [5.74, 6) is 1.44. The summed E-state index contributed by atoms with van der Waals surface area (Å²) in [6.45, 7) is 0. The van der Waals surface area contributed by atoms with Crippen molar-refractivity contribution in [1.29, 1.82) is 0 Å². The van der Waals surface area contributed by atoms with E-state index < -0.39 is 0 Å². The zero-order chi connectivity index (χ0) is 41.4. The minimum atomic E-state index is -0.336. The van der Waals surface area contributed by atoms with Crippen molar-refractivity contribution < 1.29 is 0 Å². The molecular formula is C57H37N5S. The van der Waals surface area contributed by atoms with E-state index >= 15 is 0 Å². The Balaban J connectivity index is 0.976.